The lowest BCUT2D eigenvalue weighted by Gasteiger charge is -2.24. The van der Waals surface area contributed by atoms with E-state index in [0.29, 0.717) is 17.4 Å². The fraction of sp³-hybridized carbons (Fsp3) is 0.208. The molecule has 1 unspecified atom stereocenters. The number of methoxy groups -OCH3 is 1. The van der Waals surface area contributed by atoms with Gasteiger partial charge >= 0.3 is 12.4 Å². The lowest BCUT2D eigenvalue weighted by Crippen LogP contribution is -2.26. The predicted octanol–water partition coefficient (Wildman–Crippen LogP) is 6.37. The minimum Gasteiger partial charge on any atom is -0.507 e. The molecule has 35 heavy (non-hydrogen) atoms. The van der Waals surface area contributed by atoms with Gasteiger partial charge < -0.3 is 9.84 Å². The quantitative estimate of drug-likeness (QED) is 0.428. The summed E-state index contributed by atoms with van der Waals surface area (Å²) in [5.74, 6) is -2.79. The molecule has 11 heteroatoms. The molecule has 1 aliphatic rings. The van der Waals surface area contributed by atoms with Gasteiger partial charge in [0.05, 0.1) is 24.2 Å². The van der Waals surface area contributed by atoms with Crippen LogP contribution in [-0.4, -0.2) is 39.5 Å². The Morgan fingerprint density at radius 1 is 0.886 bits per heavy atom. The van der Waals surface area contributed by atoms with E-state index in [0.717, 1.165) is 0 Å². The largest absolute Gasteiger partial charge is 0.507 e. The molecule has 1 atom stereocenters. The van der Waals surface area contributed by atoms with Crippen molar-refractivity contribution in [3.05, 3.63) is 72.1 Å². The molecule has 182 valence electrons. The molecule has 0 saturated heterocycles. The first-order valence-electron chi connectivity index (χ1n) is 10.2. The highest BCUT2D eigenvalue weighted by atomic mass is 19.4. The molecule has 1 N–H and O–H groups in total. The molecular weight excluding hydrogens is 476 g/mol. The van der Waals surface area contributed by atoms with Crippen molar-refractivity contribution in [3.8, 4) is 34.3 Å². The molecule has 3 aromatic rings. The lowest BCUT2D eigenvalue weighted by atomic mass is 9.89. The minimum absolute atomic E-state index is 0.0217. The zero-order chi connectivity index (χ0) is 25.4. The van der Waals surface area contributed by atoms with Gasteiger partial charge in [-0.05, 0) is 30.2 Å². The van der Waals surface area contributed by atoms with Crippen LogP contribution in [0.25, 0.3) is 28.3 Å². The molecule has 0 radical (unpaired) electrons. The SMILES string of the molecule is COc1ccc(-c2nc(C3=CC(C(F)(F)F)=CC(C(F)(F)F)C3)nc(-c3ccccc3)n2)c(O)c1. The van der Waals surface area contributed by atoms with Gasteiger partial charge in [0.2, 0.25) is 0 Å². The van der Waals surface area contributed by atoms with Crippen molar-refractivity contribution in [3.63, 3.8) is 0 Å². The van der Waals surface area contributed by atoms with Crippen molar-refractivity contribution in [2.45, 2.75) is 18.8 Å². The number of benzene rings is 2. The van der Waals surface area contributed by atoms with Crippen LogP contribution in [0.2, 0.25) is 0 Å². The average molecular weight is 493 g/mol. The number of ether oxygens (including phenoxy) is 1. The number of hydrogen-bond acceptors (Lipinski definition) is 5. The van der Waals surface area contributed by atoms with Crippen LogP contribution >= 0.6 is 0 Å². The Morgan fingerprint density at radius 2 is 1.54 bits per heavy atom. The van der Waals surface area contributed by atoms with Gasteiger partial charge in [-0.3, -0.25) is 0 Å². The molecule has 0 amide bonds. The Balaban J connectivity index is 1.91. The van der Waals surface area contributed by atoms with E-state index in [2.05, 4.69) is 15.0 Å². The van der Waals surface area contributed by atoms with Crippen LogP contribution in [0.3, 0.4) is 0 Å². The van der Waals surface area contributed by atoms with Crippen LogP contribution in [0.5, 0.6) is 11.5 Å². The van der Waals surface area contributed by atoms with Crippen LogP contribution in [0.1, 0.15) is 12.2 Å². The van der Waals surface area contributed by atoms with E-state index >= 15 is 0 Å². The summed E-state index contributed by atoms with van der Waals surface area (Å²) in [6.07, 6.45) is -9.90. The van der Waals surface area contributed by atoms with Crippen LogP contribution < -0.4 is 4.74 Å². The van der Waals surface area contributed by atoms with Crippen molar-refractivity contribution in [2.24, 2.45) is 5.92 Å². The molecule has 0 fully saturated rings. The second-order valence-electron chi connectivity index (χ2n) is 7.70. The van der Waals surface area contributed by atoms with Gasteiger partial charge in [0.1, 0.15) is 11.5 Å². The van der Waals surface area contributed by atoms with Crippen LogP contribution in [-0.2, 0) is 0 Å². The van der Waals surface area contributed by atoms with Gasteiger partial charge in [0.15, 0.2) is 17.5 Å². The van der Waals surface area contributed by atoms with Crippen LogP contribution in [0, 0.1) is 5.92 Å². The molecule has 2 aromatic carbocycles. The van der Waals surface area contributed by atoms with E-state index in [1.54, 1.807) is 30.3 Å². The van der Waals surface area contributed by atoms with E-state index < -0.39 is 30.3 Å². The Morgan fingerprint density at radius 3 is 2.14 bits per heavy atom. The molecule has 1 aromatic heterocycles. The molecule has 1 heterocycles. The maximum Gasteiger partial charge on any atom is 0.416 e. The van der Waals surface area contributed by atoms with Crippen molar-refractivity contribution in [2.75, 3.05) is 7.11 Å². The zero-order valence-corrected chi connectivity index (χ0v) is 18.0. The first-order chi connectivity index (χ1) is 16.5. The summed E-state index contributed by atoms with van der Waals surface area (Å²) >= 11 is 0. The van der Waals surface area contributed by atoms with Gasteiger partial charge in [0, 0.05) is 11.6 Å². The highest BCUT2D eigenvalue weighted by molar-refractivity contribution is 5.72. The fourth-order valence-electron chi connectivity index (χ4n) is 3.53. The van der Waals surface area contributed by atoms with Crippen molar-refractivity contribution in [1.29, 1.82) is 0 Å². The summed E-state index contributed by atoms with van der Waals surface area (Å²) in [7, 11) is 1.39. The number of nitrogens with zero attached hydrogens (tertiary/aromatic N) is 3. The monoisotopic (exact) mass is 493 g/mol. The van der Waals surface area contributed by atoms with Gasteiger partial charge in [-0.25, -0.2) is 15.0 Å². The lowest BCUT2D eigenvalue weighted by molar-refractivity contribution is -0.161. The Kier molecular flexibility index (Phi) is 6.27. The van der Waals surface area contributed by atoms with Gasteiger partial charge in [-0.1, -0.05) is 36.4 Å². The normalized spacial score (nSPS) is 16.5. The third-order valence-electron chi connectivity index (χ3n) is 5.30. The number of aromatic hydroxyl groups is 1. The van der Waals surface area contributed by atoms with Crippen molar-refractivity contribution < 1.29 is 36.2 Å². The van der Waals surface area contributed by atoms with Gasteiger partial charge in [0.25, 0.3) is 0 Å². The third-order valence-corrected chi connectivity index (χ3v) is 5.30. The first kappa shape index (κ1) is 24.2. The summed E-state index contributed by atoms with van der Waals surface area (Å²) in [5, 5.41) is 10.4. The molecule has 1 aliphatic carbocycles. The molecule has 0 aliphatic heterocycles. The standard InChI is InChI=1S/C24H17F6N3O2/c1-35-17-7-8-18(19(34)12-17)22-32-20(13-5-3-2-4-6-13)31-21(33-22)14-9-15(23(25,26)27)11-16(10-14)24(28,29)30/h2-9,11-12,16,34H,10H2,1H3. The van der Waals surface area contributed by atoms with Crippen molar-refractivity contribution in [1.82, 2.24) is 15.0 Å². The first-order valence-corrected chi connectivity index (χ1v) is 10.2. The Labute approximate surface area is 195 Å². The van der Waals surface area contributed by atoms with E-state index in [9.17, 15) is 31.4 Å². The summed E-state index contributed by atoms with van der Waals surface area (Å²) in [6.45, 7) is 0. The second kappa shape index (κ2) is 9.05. The third kappa shape index (κ3) is 5.28. The topological polar surface area (TPSA) is 68.1 Å². The minimum atomic E-state index is -5.00. The number of phenols is 1. The number of allylic oxidation sites excluding steroid dienone is 4. The smallest absolute Gasteiger partial charge is 0.416 e. The highest BCUT2D eigenvalue weighted by Crippen LogP contribution is 2.43. The molecule has 0 spiro atoms. The van der Waals surface area contributed by atoms with E-state index in [4.69, 9.17) is 4.74 Å². The predicted molar refractivity (Wildman–Crippen MR) is 115 cm³/mol. The van der Waals surface area contributed by atoms with Gasteiger partial charge in [-0.15, -0.1) is 0 Å². The second-order valence-corrected chi connectivity index (χ2v) is 7.70. The summed E-state index contributed by atoms with van der Waals surface area (Å²) < 4.78 is 85.7. The maximum atomic E-state index is 13.5. The number of halogens is 6. The van der Waals surface area contributed by atoms with Crippen LogP contribution in [0.4, 0.5) is 26.3 Å². The van der Waals surface area contributed by atoms with E-state index in [1.807, 2.05) is 0 Å². The maximum absolute atomic E-state index is 13.5. The fourth-order valence-corrected chi connectivity index (χ4v) is 3.53. The molecule has 5 nitrogen and oxygen atoms in total. The zero-order valence-electron chi connectivity index (χ0n) is 18.0. The summed E-state index contributed by atoms with van der Waals surface area (Å²) in [6, 6.07) is 12.5. The Hall–Kier alpha value is -3.89. The number of aromatic nitrogens is 3. The molecule has 4 rings (SSSR count). The number of hydrogen-bond donors (Lipinski definition) is 1. The number of rotatable bonds is 4. The number of phenolic OH excluding ortho intramolecular Hbond substituents is 1. The number of alkyl halides is 6. The summed E-state index contributed by atoms with van der Waals surface area (Å²) in [5.41, 5.74) is -1.23. The van der Waals surface area contributed by atoms with E-state index in [-0.39, 0.29) is 40.4 Å². The molecule has 0 bridgehead atoms. The average Bonchev–Trinajstić information content (AvgIpc) is 2.82. The molecule has 0 saturated carbocycles. The summed E-state index contributed by atoms with van der Waals surface area (Å²) in [4.78, 5) is 12.7. The van der Waals surface area contributed by atoms with Crippen molar-refractivity contribution >= 4 is 5.57 Å². The van der Waals surface area contributed by atoms with E-state index in [1.165, 1.54) is 25.3 Å². The van der Waals surface area contributed by atoms with Gasteiger partial charge in [-0.2, -0.15) is 26.3 Å². The molecular formula is C24H17F6N3O2. The Bertz CT molecular complexity index is 1300. The highest BCUT2D eigenvalue weighted by Gasteiger charge is 2.44. The van der Waals surface area contributed by atoms with Crippen LogP contribution in [0.15, 0.2) is 66.3 Å².